The van der Waals surface area contributed by atoms with E-state index in [0.29, 0.717) is 28.6 Å². The first-order chi connectivity index (χ1) is 10.0. The largest absolute Gasteiger partial charge is 0.370 e. The number of benzene rings is 1. The molecule has 2 aromatic rings. The second-order valence-electron chi connectivity index (χ2n) is 4.16. The Kier molecular flexibility index (Phi) is 5.66. The number of anilines is 2. The fourth-order valence-electron chi connectivity index (χ4n) is 1.67. The van der Waals surface area contributed by atoms with Crippen LogP contribution in [0, 0.1) is 3.57 Å². The fourth-order valence-corrected chi connectivity index (χ4v) is 2.76. The molecule has 0 aliphatic heterocycles. The number of amides is 1. The molecule has 0 unspecified atom stereocenters. The molecule has 0 aliphatic carbocycles. The number of pyridine rings is 1. The number of carbonyl (C=O) groups excluding carboxylic acids is 1. The molecule has 1 amide bonds. The molecule has 1 aromatic heterocycles. The zero-order valence-electron chi connectivity index (χ0n) is 11.1. The third-order valence-electron chi connectivity index (χ3n) is 2.64. The minimum absolute atomic E-state index is 0.288. The lowest BCUT2D eigenvalue weighted by molar-refractivity contribution is 0.102. The van der Waals surface area contributed by atoms with Gasteiger partial charge in [0.1, 0.15) is 5.82 Å². The molecule has 1 aromatic carbocycles. The van der Waals surface area contributed by atoms with Crippen molar-refractivity contribution >= 4 is 63.2 Å². The summed E-state index contributed by atoms with van der Waals surface area (Å²) in [6.45, 7) is 2.65. The van der Waals surface area contributed by atoms with Crippen molar-refractivity contribution < 1.29 is 4.79 Å². The lowest BCUT2D eigenvalue weighted by Gasteiger charge is -2.10. The Morgan fingerprint density at radius 1 is 1.29 bits per heavy atom. The average molecular weight is 436 g/mol. The quantitative estimate of drug-likeness (QED) is 0.685. The van der Waals surface area contributed by atoms with Crippen LogP contribution in [0.2, 0.25) is 10.0 Å². The average Bonchev–Trinajstić information content (AvgIpc) is 2.44. The van der Waals surface area contributed by atoms with Gasteiger partial charge in [0.2, 0.25) is 0 Å². The van der Waals surface area contributed by atoms with E-state index in [9.17, 15) is 4.79 Å². The van der Waals surface area contributed by atoms with E-state index in [0.717, 1.165) is 3.57 Å². The van der Waals surface area contributed by atoms with Gasteiger partial charge in [-0.1, -0.05) is 23.2 Å². The predicted octanol–water partition coefficient (Wildman–Crippen LogP) is 4.68. The van der Waals surface area contributed by atoms with E-state index in [-0.39, 0.29) is 10.9 Å². The molecule has 21 heavy (non-hydrogen) atoms. The van der Waals surface area contributed by atoms with E-state index in [2.05, 4.69) is 38.2 Å². The number of rotatable bonds is 4. The van der Waals surface area contributed by atoms with Crippen LogP contribution in [0.5, 0.6) is 0 Å². The normalized spacial score (nSPS) is 10.3. The van der Waals surface area contributed by atoms with Crippen LogP contribution >= 0.6 is 45.8 Å². The molecule has 0 saturated heterocycles. The summed E-state index contributed by atoms with van der Waals surface area (Å²) in [5.74, 6) is 0.269. The monoisotopic (exact) mass is 435 g/mol. The Labute approximate surface area is 146 Å². The lowest BCUT2D eigenvalue weighted by atomic mass is 10.2. The van der Waals surface area contributed by atoms with Crippen LogP contribution in [0.15, 0.2) is 30.5 Å². The molecular formula is C14H12Cl2IN3O. The van der Waals surface area contributed by atoms with Gasteiger partial charge < -0.3 is 10.6 Å². The molecule has 1 heterocycles. The Balaban J connectivity index is 2.25. The molecule has 2 rings (SSSR count). The smallest absolute Gasteiger partial charge is 0.257 e. The van der Waals surface area contributed by atoms with Crippen LogP contribution in [-0.4, -0.2) is 17.4 Å². The van der Waals surface area contributed by atoms with Gasteiger partial charge in [0.05, 0.1) is 21.3 Å². The number of hydrogen-bond donors (Lipinski definition) is 2. The van der Waals surface area contributed by atoms with Crippen LogP contribution in [-0.2, 0) is 0 Å². The van der Waals surface area contributed by atoms with Gasteiger partial charge in [0.25, 0.3) is 5.91 Å². The van der Waals surface area contributed by atoms with Gasteiger partial charge in [-0.2, -0.15) is 0 Å². The van der Waals surface area contributed by atoms with E-state index < -0.39 is 0 Å². The molecule has 0 bridgehead atoms. The molecule has 7 heteroatoms. The fraction of sp³-hybridized carbons (Fsp3) is 0.143. The van der Waals surface area contributed by atoms with E-state index in [1.807, 2.05) is 13.0 Å². The Bertz CT molecular complexity index is 679. The van der Waals surface area contributed by atoms with Crippen LogP contribution in [0.25, 0.3) is 0 Å². The highest BCUT2D eigenvalue weighted by atomic mass is 127. The van der Waals surface area contributed by atoms with Gasteiger partial charge in [-0.05, 0) is 53.8 Å². The maximum Gasteiger partial charge on any atom is 0.257 e. The van der Waals surface area contributed by atoms with Crippen molar-refractivity contribution in [2.75, 3.05) is 17.2 Å². The highest BCUT2D eigenvalue weighted by molar-refractivity contribution is 14.1. The van der Waals surface area contributed by atoms with Crippen molar-refractivity contribution in [3.05, 3.63) is 49.6 Å². The number of nitrogens with zero attached hydrogens (tertiary/aromatic N) is 1. The Hall–Kier alpha value is -1.05. The Morgan fingerprint density at radius 2 is 2.05 bits per heavy atom. The summed E-state index contributed by atoms with van der Waals surface area (Å²) in [4.78, 5) is 16.4. The molecule has 0 spiro atoms. The summed E-state index contributed by atoms with van der Waals surface area (Å²) in [6.07, 6.45) is 1.45. The Morgan fingerprint density at radius 3 is 2.71 bits per heavy atom. The molecule has 4 nitrogen and oxygen atoms in total. The van der Waals surface area contributed by atoms with Gasteiger partial charge in [-0.15, -0.1) is 0 Å². The molecule has 0 saturated carbocycles. The lowest BCUT2D eigenvalue weighted by Crippen LogP contribution is -2.14. The minimum Gasteiger partial charge on any atom is -0.370 e. The van der Waals surface area contributed by atoms with Gasteiger partial charge in [-0.25, -0.2) is 4.98 Å². The van der Waals surface area contributed by atoms with Crippen molar-refractivity contribution in [1.82, 2.24) is 4.98 Å². The first-order valence-electron chi connectivity index (χ1n) is 6.17. The van der Waals surface area contributed by atoms with Gasteiger partial charge in [0.15, 0.2) is 0 Å². The molecule has 110 valence electrons. The molecule has 0 atom stereocenters. The number of halogens is 3. The number of carbonyl (C=O) groups is 1. The summed E-state index contributed by atoms with van der Waals surface area (Å²) >= 11 is 14.3. The molecular weight excluding hydrogens is 424 g/mol. The van der Waals surface area contributed by atoms with Crippen molar-refractivity contribution in [2.45, 2.75) is 6.92 Å². The van der Waals surface area contributed by atoms with E-state index in [1.165, 1.54) is 6.20 Å². The van der Waals surface area contributed by atoms with Gasteiger partial charge >= 0.3 is 0 Å². The first kappa shape index (κ1) is 16.3. The van der Waals surface area contributed by atoms with Crippen LogP contribution in [0.4, 0.5) is 11.5 Å². The van der Waals surface area contributed by atoms with E-state index in [1.54, 1.807) is 18.2 Å². The third kappa shape index (κ3) is 4.21. The molecule has 0 radical (unpaired) electrons. The summed E-state index contributed by atoms with van der Waals surface area (Å²) in [5.41, 5.74) is 0.886. The summed E-state index contributed by atoms with van der Waals surface area (Å²) in [7, 11) is 0. The number of nitrogens with one attached hydrogen (secondary N) is 2. The van der Waals surface area contributed by atoms with Crippen LogP contribution in [0.1, 0.15) is 17.3 Å². The summed E-state index contributed by atoms with van der Waals surface area (Å²) < 4.78 is 0.993. The highest BCUT2D eigenvalue weighted by Crippen LogP contribution is 2.26. The predicted molar refractivity (Wildman–Crippen MR) is 95.5 cm³/mol. The van der Waals surface area contributed by atoms with Gasteiger partial charge in [0, 0.05) is 16.3 Å². The standard InChI is InChI=1S/C14H12Cl2IN3O/c1-2-18-13-6-9(11(16)7-19-13)14(21)20-12-4-3-8(17)5-10(12)15/h3-7H,2H2,1H3,(H,18,19)(H,20,21). The van der Waals surface area contributed by atoms with Crippen molar-refractivity contribution in [3.8, 4) is 0 Å². The van der Waals surface area contributed by atoms with Crippen LogP contribution in [0.3, 0.4) is 0 Å². The summed E-state index contributed by atoms with van der Waals surface area (Å²) in [5, 5.41) is 6.55. The second-order valence-corrected chi connectivity index (χ2v) is 6.22. The molecule has 0 fully saturated rings. The maximum atomic E-state index is 12.3. The topological polar surface area (TPSA) is 54.0 Å². The van der Waals surface area contributed by atoms with E-state index >= 15 is 0 Å². The minimum atomic E-state index is -0.329. The third-order valence-corrected chi connectivity index (χ3v) is 3.92. The van der Waals surface area contributed by atoms with Crippen LogP contribution < -0.4 is 10.6 Å². The summed E-state index contributed by atoms with van der Waals surface area (Å²) in [6, 6.07) is 7.00. The number of hydrogen-bond acceptors (Lipinski definition) is 3. The second kappa shape index (κ2) is 7.29. The van der Waals surface area contributed by atoms with Crippen molar-refractivity contribution in [3.63, 3.8) is 0 Å². The van der Waals surface area contributed by atoms with E-state index in [4.69, 9.17) is 23.2 Å². The highest BCUT2D eigenvalue weighted by Gasteiger charge is 2.13. The number of aromatic nitrogens is 1. The zero-order chi connectivity index (χ0) is 15.4. The van der Waals surface area contributed by atoms with Gasteiger partial charge in [-0.3, -0.25) is 4.79 Å². The maximum absolute atomic E-state index is 12.3. The van der Waals surface area contributed by atoms with Crippen molar-refractivity contribution in [1.29, 1.82) is 0 Å². The zero-order valence-corrected chi connectivity index (χ0v) is 14.8. The molecule has 0 aliphatic rings. The van der Waals surface area contributed by atoms with Crippen molar-refractivity contribution in [2.24, 2.45) is 0 Å². The first-order valence-corrected chi connectivity index (χ1v) is 8.00. The SMILES string of the molecule is CCNc1cc(C(=O)Nc2ccc(I)cc2Cl)c(Cl)cn1. The molecule has 2 N–H and O–H groups in total.